The standard InChI is InChI=1S/C19H31N3O3.2C2HF3O2/c1-4-17-19(25-10-1)18(24-11-3-9-22-8-2-7-20-22)15-21(17)14-16-5-12-23-13-6-16;2*3-2(4,5)1(6)7/h2,7-8,16-19H,1,3-6,9-15H2;2*(H,6,7)/t17-,18+,19+;;/m1../s1. The fraction of sp³-hybridized carbons (Fsp3) is 0.783. The zero-order valence-corrected chi connectivity index (χ0v) is 21.1. The first kappa shape index (κ1) is 32.8. The molecule has 3 aliphatic heterocycles. The van der Waals surface area contributed by atoms with Gasteiger partial charge in [0, 0.05) is 64.5 Å². The van der Waals surface area contributed by atoms with Crippen molar-refractivity contribution in [3.63, 3.8) is 0 Å². The Hall–Kier alpha value is -2.43. The van der Waals surface area contributed by atoms with Gasteiger partial charge in [0.05, 0.1) is 6.10 Å². The minimum Gasteiger partial charge on any atom is -0.475 e. The number of carboxylic acid groups (broad SMARTS) is 2. The van der Waals surface area contributed by atoms with Gasteiger partial charge in [-0.15, -0.1) is 0 Å². The van der Waals surface area contributed by atoms with Crippen molar-refractivity contribution in [2.24, 2.45) is 5.92 Å². The van der Waals surface area contributed by atoms with Crippen molar-refractivity contribution in [3.8, 4) is 0 Å². The number of hydrogen-bond acceptors (Lipinski definition) is 7. The monoisotopic (exact) mass is 577 g/mol. The third kappa shape index (κ3) is 11.7. The van der Waals surface area contributed by atoms with Crippen molar-refractivity contribution < 1.29 is 60.4 Å². The molecule has 39 heavy (non-hydrogen) atoms. The van der Waals surface area contributed by atoms with Crippen LogP contribution in [0.1, 0.15) is 32.1 Å². The number of alkyl halides is 6. The van der Waals surface area contributed by atoms with E-state index in [-0.39, 0.29) is 12.2 Å². The second-order valence-electron chi connectivity index (χ2n) is 9.19. The topological polar surface area (TPSA) is 123 Å². The zero-order chi connectivity index (χ0) is 29.1. The molecule has 0 spiro atoms. The summed E-state index contributed by atoms with van der Waals surface area (Å²) in [6.07, 6.45) is -0.0266. The molecule has 3 atom stereocenters. The number of hydrogen-bond donors (Lipinski definition) is 2. The average Bonchev–Trinajstić information content (AvgIpc) is 3.51. The van der Waals surface area contributed by atoms with Crippen molar-refractivity contribution in [2.75, 3.05) is 39.5 Å². The van der Waals surface area contributed by atoms with Gasteiger partial charge >= 0.3 is 24.3 Å². The fourth-order valence-corrected chi connectivity index (χ4v) is 4.52. The molecule has 3 aliphatic rings. The predicted octanol–water partition coefficient (Wildman–Crippen LogP) is 3.21. The van der Waals surface area contributed by atoms with E-state index in [4.69, 9.17) is 34.0 Å². The van der Waals surface area contributed by atoms with E-state index in [2.05, 4.69) is 10.00 Å². The van der Waals surface area contributed by atoms with Crippen LogP contribution in [0.2, 0.25) is 0 Å². The highest BCUT2D eigenvalue weighted by molar-refractivity contribution is 5.73. The molecule has 224 valence electrons. The zero-order valence-electron chi connectivity index (χ0n) is 21.1. The van der Waals surface area contributed by atoms with Crippen molar-refractivity contribution in [2.45, 2.75) is 69.3 Å². The van der Waals surface area contributed by atoms with Crippen LogP contribution in [0.25, 0.3) is 0 Å². The molecule has 4 rings (SSSR count). The first-order valence-corrected chi connectivity index (χ1v) is 12.4. The van der Waals surface area contributed by atoms with E-state index >= 15 is 0 Å². The van der Waals surface area contributed by atoms with Crippen LogP contribution in [0.15, 0.2) is 18.5 Å². The molecule has 1 aromatic heterocycles. The van der Waals surface area contributed by atoms with Crippen molar-refractivity contribution in [3.05, 3.63) is 18.5 Å². The third-order valence-electron chi connectivity index (χ3n) is 6.32. The van der Waals surface area contributed by atoms with Gasteiger partial charge < -0.3 is 24.4 Å². The lowest BCUT2D eigenvalue weighted by Crippen LogP contribution is -2.43. The van der Waals surface area contributed by atoms with Crippen LogP contribution in [0.3, 0.4) is 0 Å². The highest BCUT2D eigenvalue weighted by Crippen LogP contribution is 2.32. The summed E-state index contributed by atoms with van der Waals surface area (Å²) < 4.78 is 83.3. The molecule has 0 saturated carbocycles. The highest BCUT2D eigenvalue weighted by Gasteiger charge is 2.45. The summed E-state index contributed by atoms with van der Waals surface area (Å²) in [5.41, 5.74) is 0. The molecule has 3 saturated heterocycles. The van der Waals surface area contributed by atoms with Gasteiger partial charge in [-0.05, 0) is 44.1 Å². The Morgan fingerprint density at radius 3 is 2.15 bits per heavy atom. The molecule has 0 radical (unpaired) electrons. The number of ether oxygens (including phenoxy) is 3. The molecule has 4 heterocycles. The molecule has 1 aromatic rings. The lowest BCUT2D eigenvalue weighted by atomic mass is 9.97. The molecule has 0 aromatic carbocycles. The summed E-state index contributed by atoms with van der Waals surface area (Å²) in [4.78, 5) is 20.4. The van der Waals surface area contributed by atoms with Gasteiger partial charge in [-0.25, -0.2) is 9.59 Å². The SMILES string of the molecule is O=C(O)C(F)(F)F.O=C(O)C(F)(F)F.c1cnn(CCCO[C@H]2CN(CC3CCOCC3)[C@@H]3CCCO[C@H]23)c1. The lowest BCUT2D eigenvalue weighted by molar-refractivity contribution is -0.193. The second-order valence-corrected chi connectivity index (χ2v) is 9.19. The maximum absolute atomic E-state index is 10.6. The van der Waals surface area contributed by atoms with Crippen molar-refractivity contribution >= 4 is 11.9 Å². The van der Waals surface area contributed by atoms with E-state index in [9.17, 15) is 26.3 Å². The maximum atomic E-state index is 10.6. The summed E-state index contributed by atoms with van der Waals surface area (Å²) in [5.74, 6) is -4.74. The number of aryl methyl sites for hydroxylation is 1. The van der Waals surface area contributed by atoms with E-state index in [1.165, 1.54) is 32.2 Å². The molecule has 10 nitrogen and oxygen atoms in total. The second kappa shape index (κ2) is 15.4. The Morgan fingerprint density at radius 1 is 1.00 bits per heavy atom. The van der Waals surface area contributed by atoms with Crippen molar-refractivity contribution in [1.82, 2.24) is 14.7 Å². The molecule has 0 bridgehead atoms. The molecule has 0 amide bonds. The third-order valence-corrected chi connectivity index (χ3v) is 6.32. The van der Waals surface area contributed by atoms with E-state index < -0.39 is 24.3 Å². The summed E-state index contributed by atoms with van der Waals surface area (Å²) in [6, 6.07) is 2.51. The van der Waals surface area contributed by atoms with Crippen LogP contribution in [0.5, 0.6) is 0 Å². The maximum Gasteiger partial charge on any atom is 0.490 e. The van der Waals surface area contributed by atoms with Crippen LogP contribution >= 0.6 is 0 Å². The molecular weight excluding hydrogens is 544 g/mol. The van der Waals surface area contributed by atoms with E-state index in [1.54, 1.807) is 0 Å². The first-order valence-electron chi connectivity index (χ1n) is 12.4. The average molecular weight is 578 g/mol. The first-order chi connectivity index (χ1) is 18.3. The number of rotatable bonds is 7. The van der Waals surface area contributed by atoms with Gasteiger partial charge in [0.15, 0.2) is 0 Å². The molecule has 16 heteroatoms. The molecule has 0 unspecified atom stereocenters. The van der Waals surface area contributed by atoms with Gasteiger partial charge in [-0.3, -0.25) is 9.58 Å². The summed E-state index contributed by atoms with van der Waals surface area (Å²) in [6.45, 7) is 6.64. The Kier molecular flexibility index (Phi) is 12.9. The van der Waals surface area contributed by atoms with Gasteiger partial charge in [-0.1, -0.05) is 0 Å². The Morgan fingerprint density at radius 2 is 1.62 bits per heavy atom. The van der Waals surface area contributed by atoms with Crippen LogP contribution in [0, 0.1) is 5.92 Å². The normalized spacial score (nSPS) is 24.1. The Balaban J connectivity index is 0.000000317. The summed E-state index contributed by atoms with van der Waals surface area (Å²) in [7, 11) is 0. The van der Waals surface area contributed by atoms with E-state index in [0.29, 0.717) is 6.04 Å². The summed E-state index contributed by atoms with van der Waals surface area (Å²) in [5, 5.41) is 18.5. The van der Waals surface area contributed by atoms with Gasteiger partial charge in [0.2, 0.25) is 0 Å². The van der Waals surface area contributed by atoms with Crippen LogP contribution in [0.4, 0.5) is 26.3 Å². The molecule has 0 aliphatic carbocycles. The Labute approximate surface area is 220 Å². The van der Waals surface area contributed by atoms with E-state index in [1.807, 2.05) is 23.1 Å². The number of halogens is 6. The lowest BCUT2D eigenvalue weighted by Gasteiger charge is -2.34. The molecule has 2 N–H and O–H groups in total. The molecular formula is C23H33F6N3O7. The summed E-state index contributed by atoms with van der Waals surface area (Å²) >= 11 is 0. The van der Waals surface area contributed by atoms with Crippen molar-refractivity contribution in [1.29, 1.82) is 0 Å². The van der Waals surface area contributed by atoms with Gasteiger partial charge in [0.25, 0.3) is 0 Å². The minimum absolute atomic E-state index is 0.225. The number of fused-ring (bicyclic) bond motifs is 1. The Bertz CT molecular complexity index is 839. The number of carboxylic acids is 2. The van der Waals surface area contributed by atoms with Gasteiger partial charge in [-0.2, -0.15) is 31.4 Å². The van der Waals surface area contributed by atoms with Crippen LogP contribution in [-0.2, 0) is 30.3 Å². The smallest absolute Gasteiger partial charge is 0.475 e. The number of likely N-dealkylation sites (tertiary alicyclic amines) is 1. The van der Waals surface area contributed by atoms with Crippen LogP contribution in [-0.4, -0.2) is 107 Å². The number of carbonyl (C=O) groups is 2. The highest BCUT2D eigenvalue weighted by atomic mass is 19.4. The fourth-order valence-electron chi connectivity index (χ4n) is 4.52. The number of nitrogens with zero attached hydrogens (tertiary/aromatic N) is 3. The number of aliphatic carboxylic acids is 2. The predicted molar refractivity (Wildman–Crippen MR) is 122 cm³/mol. The minimum atomic E-state index is -5.08. The number of aromatic nitrogens is 2. The largest absolute Gasteiger partial charge is 0.490 e. The van der Waals surface area contributed by atoms with E-state index in [0.717, 1.165) is 51.9 Å². The molecule has 3 fully saturated rings. The van der Waals surface area contributed by atoms with Gasteiger partial charge in [0.1, 0.15) is 6.10 Å². The quantitative estimate of drug-likeness (QED) is 0.372. The van der Waals surface area contributed by atoms with Crippen LogP contribution < -0.4 is 0 Å².